The lowest BCUT2D eigenvalue weighted by atomic mass is 10.2. The summed E-state index contributed by atoms with van der Waals surface area (Å²) in [5.41, 5.74) is 1.32. The first-order valence-corrected chi connectivity index (χ1v) is 3.94. The molecule has 0 atom stereocenters. The number of aryl methyl sites for hydroxylation is 1. The molecule has 0 saturated heterocycles. The van der Waals surface area contributed by atoms with Gasteiger partial charge in [-0.3, -0.25) is 0 Å². The molecule has 1 aromatic carbocycles. The lowest BCUT2D eigenvalue weighted by molar-refractivity contribution is 1.48. The molecule has 1 rings (SSSR count). The van der Waals surface area contributed by atoms with Crippen molar-refractivity contribution in [1.29, 1.82) is 5.41 Å². The predicted octanol–water partition coefficient (Wildman–Crippen LogP) is 3.21. The van der Waals surface area contributed by atoms with E-state index in [1.165, 1.54) is 11.8 Å². The Labute approximate surface area is 74.3 Å². The fourth-order valence-corrected chi connectivity index (χ4v) is 0.631. The SMILES string of the molecule is C/C=C\C=N.Cc1ccccc1. The maximum absolute atomic E-state index is 6.39. The summed E-state index contributed by atoms with van der Waals surface area (Å²) in [4.78, 5) is 0. The molecule has 0 fully saturated rings. The second-order valence-electron chi connectivity index (χ2n) is 2.35. The third kappa shape index (κ3) is 6.75. The molecular formula is C11H15N. The smallest absolute Gasteiger partial charge is 0.0174 e. The molecule has 12 heavy (non-hydrogen) atoms. The minimum Gasteiger partial charge on any atom is -0.309 e. The average Bonchev–Trinajstić information content (AvgIpc) is 2.08. The molecule has 1 heteroatoms. The number of rotatable bonds is 1. The Balaban J connectivity index is 0.000000217. The van der Waals surface area contributed by atoms with Crippen LogP contribution < -0.4 is 0 Å². The van der Waals surface area contributed by atoms with Crippen molar-refractivity contribution in [1.82, 2.24) is 0 Å². The first-order valence-electron chi connectivity index (χ1n) is 3.94. The zero-order chi connectivity index (χ0) is 9.23. The van der Waals surface area contributed by atoms with Gasteiger partial charge in [-0.15, -0.1) is 0 Å². The second-order valence-corrected chi connectivity index (χ2v) is 2.35. The molecule has 0 aliphatic heterocycles. The number of allylic oxidation sites excluding steroid dienone is 2. The van der Waals surface area contributed by atoms with Crippen LogP contribution in [0.25, 0.3) is 0 Å². The van der Waals surface area contributed by atoms with Gasteiger partial charge in [0.1, 0.15) is 0 Å². The van der Waals surface area contributed by atoms with E-state index in [9.17, 15) is 0 Å². The molecule has 0 saturated carbocycles. The van der Waals surface area contributed by atoms with Crippen LogP contribution in [0.2, 0.25) is 0 Å². The van der Waals surface area contributed by atoms with Gasteiger partial charge in [0, 0.05) is 6.21 Å². The van der Waals surface area contributed by atoms with E-state index in [0.717, 1.165) is 0 Å². The summed E-state index contributed by atoms with van der Waals surface area (Å²) in [7, 11) is 0. The predicted molar refractivity (Wildman–Crippen MR) is 54.8 cm³/mol. The van der Waals surface area contributed by atoms with Crippen LogP contribution in [0.1, 0.15) is 12.5 Å². The molecule has 1 N–H and O–H groups in total. The average molecular weight is 161 g/mol. The van der Waals surface area contributed by atoms with Crippen molar-refractivity contribution < 1.29 is 0 Å². The largest absolute Gasteiger partial charge is 0.309 e. The number of hydrogen-bond donors (Lipinski definition) is 1. The van der Waals surface area contributed by atoms with Crippen molar-refractivity contribution in [2.24, 2.45) is 0 Å². The molecule has 0 bridgehead atoms. The van der Waals surface area contributed by atoms with Gasteiger partial charge in [0.2, 0.25) is 0 Å². The van der Waals surface area contributed by atoms with E-state index in [1.54, 1.807) is 6.08 Å². The molecule has 0 aromatic heterocycles. The van der Waals surface area contributed by atoms with Gasteiger partial charge in [-0.1, -0.05) is 42.0 Å². The summed E-state index contributed by atoms with van der Waals surface area (Å²) < 4.78 is 0. The maximum atomic E-state index is 6.39. The molecule has 0 heterocycles. The Morgan fingerprint density at radius 3 is 1.92 bits per heavy atom. The van der Waals surface area contributed by atoms with Crippen molar-refractivity contribution in [3.63, 3.8) is 0 Å². The van der Waals surface area contributed by atoms with Crippen LogP contribution in [0, 0.1) is 12.3 Å². The van der Waals surface area contributed by atoms with Gasteiger partial charge in [-0.05, 0) is 19.9 Å². The van der Waals surface area contributed by atoms with E-state index < -0.39 is 0 Å². The summed E-state index contributed by atoms with van der Waals surface area (Å²) in [6, 6.07) is 10.3. The summed E-state index contributed by atoms with van der Waals surface area (Å²) >= 11 is 0. The summed E-state index contributed by atoms with van der Waals surface area (Å²) in [6.45, 7) is 3.96. The van der Waals surface area contributed by atoms with Crippen LogP contribution in [-0.4, -0.2) is 6.21 Å². The zero-order valence-corrected chi connectivity index (χ0v) is 7.62. The fourth-order valence-electron chi connectivity index (χ4n) is 0.631. The van der Waals surface area contributed by atoms with E-state index in [4.69, 9.17) is 5.41 Å². The van der Waals surface area contributed by atoms with Crippen LogP contribution in [-0.2, 0) is 0 Å². The second kappa shape index (κ2) is 7.73. The molecule has 64 valence electrons. The van der Waals surface area contributed by atoms with E-state index in [-0.39, 0.29) is 0 Å². The van der Waals surface area contributed by atoms with Crippen LogP contribution in [0.5, 0.6) is 0 Å². The van der Waals surface area contributed by atoms with Gasteiger partial charge in [-0.25, -0.2) is 0 Å². The van der Waals surface area contributed by atoms with Crippen LogP contribution in [0.3, 0.4) is 0 Å². The molecule has 0 spiro atoms. The van der Waals surface area contributed by atoms with Crippen molar-refractivity contribution >= 4 is 6.21 Å². The van der Waals surface area contributed by atoms with E-state index in [1.807, 2.05) is 31.2 Å². The number of benzene rings is 1. The quantitative estimate of drug-likeness (QED) is 0.611. The standard InChI is InChI=1S/C7H8.C4H7N/c1-7-5-3-2-4-6-7;1-2-3-4-5/h2-6H,1H3;2-5H,1H3/b;3-2-,5-4?. The number of nitrogens with one attached hydrogen (secondary N) is 1. The van der Waals surface area contributed by atoms with Gasteiger partial charge in [0.25, 0.3) is 0 Å². The lowest BCUT2D eigenvalue weighted by Crippen LogP contribution is -1.62. The highest BCUT2D eigenvalue weighted by molar-refractivity contribution is 5.67. The highest BCUT2D eigenvalue weighted by atomic mass is 14.3. The monoisotopic (exact) mass is 161 g/mol. The summed E-state index contributed by atoms with van der Waals surface area (Å²) in [5, 5.41) is 6.39. The van der Waals surface area contributed by atoms with Gasteiger partial charge in [-0.2, -0.15) is 0 Å². The van der Waals surface area contributed by atoms with Crippen LogP contribution >= 0.6 is 0 Å². The topological polar surface area (TPSA) is 23.9 Å². The Morgan fingerprint density at radius 1 is 1.17 bits per heavy atom. The van der Waals surface area contributed by atoms with Crippen LogP contribution in [0.4, 0.5) is 0 Å². The highest BCUT2D eigenvalue weighted by Crippen LogP contribution is 1.92. The first kappa shape index (κ1) is 10.6. The molecule has 0 radical (unpaired) electrons. The van der Waals surface area contributed by atoms with Crippen molar-refractivity contribution in [2.75, 3.05) is 0 Å². The molecule has 0 amide bonds. The van der Waals surface area contributed by atoms with E-state index >= 15 is 0 Å². The highest BCUT2D eigenvalue weighted by Gasteiger charge is 1.72. The lowest BCUT2D eigenvalue weighted by Gasteiger charge is -1.82. The van der Waals surface area contributed by atoms with Crippen LogP contribution in [0.15, 0.2) is 42.5 Å². The third-order valence-corrected chi connectivity index (χ3v) is 1.23. The van der Waals surface area contributed by atoms with Crippen molar-refractivity contribution in [3.05, 3.63) is 48.0 Å². The minimum absolute atomic E-state index is 1.25. The Hall–Kier alpha value is -1.37. The Bertz CT molecular complexity index is 224. The van der Waals surface area contributed by atoms with Gasteiger partial charge in [0.15, 0.2) is 0 Å². The number of hydrogen-bond acceptors (Lipinski definition) is 1. The molecule has 0 aliphatic carbocycles. The minimum atomic E-state index is 1.25. The van der Waals surface area contributed by atoms with Gasteiger partial charge >= 0.3 is 0 Å². The Kier molecular flexibility index (Phi) is 6.85. The molecule has 1 aromatic rings. The molecule has 1 nitrogen and oxygen atoms in total. The van der Waals surface area contributed by atoms with E-state index in [2.05, 4.69) is 19.1 Å². The zero-order valence-electron chi connectivity index (χ0n) is 7.62. The molecule has 0 unspecified atom stereocenters. The maximum Gasteiger partial charge on any atom is 0.0174 e. The first-order chi connectivity index (χ1) is 5.81. The van der Waals surface area contributed by atoms with Crippen molar-refractivity contribution in [3.8, 4) is 0 Å². The third-order valence-electron chi connectivity index (χ3n) is 1.23. The van der Waals surface area contributed by atoms with E-state index in [0.29, 0.717) is 0 Å². The molecular weight excluding hydrogens is 146 g/mol. The molecule has 0 aliphatic rings. The van der Waals surface area contributed by atoms with Gasteiger partial charge < -0.3 is 5.41 Å². The summed E-state index contributed by atoms with van der Waals surface area (Å²) in [6.07, 6.45) is 4.73. The fraction of sp³-hybridized carbons (Fsp3) is 0.182. The van der Waals surface area contributed by atoms with Gasteiger partial charge in [0.05, 0.1) is 0 Å². The summed E-state index contributed by atoms with van der Waals surface area (Å²) in [5.74, 6) is 0. The Morgan fingerprint density at radius 2 is 1.75 bits per heavy atom. The van der Waals surface area contributed by atoms with Crippen molar-refractivity contribution in [2.45, 2.75) is 13.8 Å². The normalized spacial score (nSPS) is 8.83.